The minimum atomic E-state index is -3.08. The molecule has 1 aliphatic carbocycles. The van der Waals surface area contributed by atoms with Crippen LogP contribution in [0.25, 0.3) is 0 Å². The monoisotopic (exact) mass is 346 g/mol. The Hall–Kier alpha value is -1.62. The third-order valence-corrected chi connectivity index (χ3v) is 3.96. The third kappa shape index (κ3) is 5.48. The maximum absolute atomic E-state index is 12.8. The molecule has 0 aromatic rings. The molecule has 24 heavy (non-hydrogen) atoms. The van der Waals surface area contributed by atoms with Crippen LogP contribution in [0.15, 0.2) is 22.7 Å². The zero-order chi connectivity index (χ0) is 24.7. The molecule has 136 valence electrons. The molecule has 0 unspecified atom stereocenters. The van der Waals surface area contributed by atoms with Gasteiger partial charge in [0, 0.05) is 20.5 Å². The average Bonchev–Trinajstić information content (AvgIpc) is 2.62. The number of allylic oxidation sites excluding steroid dienone is 2. The smallest absolute Gasteiger partial charge is 0.228 e. The molecule has 0 aliphatic heterocycles. The van der Waals surface area contributed by atoms with Gasteiger partial charge in [0.25, 0.3) is 0 Å². The third-order valence-electron chi connectivity index (χ3n) is 3.96. The largest absolute Gasteiger partial charge is 0.489 e. The Kier molecular flexibility index (Phi) is 5.09. The molecule has 0 heterocycles. The Morgan fingerprint density at radius 2 is 1.50 bits per heavy atom. The van der Waals surface area contributed by atoms with E-state index in [1.807, 2.05) is 0 Å². The van der Waals surface area contributed by atoms with E-state index in [0.29, 0.717) is 25.7 Å². The number of aliphatic hydroxyl groups excluding tert-OH is 1. The molecule has 0 atom stereocenters. The molecule has 0 bridgehead atoms. The summed E-state index contributed by atoms with van der Waals surface area (Å²) in [6.45, 7) is 1.16. The number of hydrogen-bond donors (Lipinski definition) is 1. The molecule has 0 radical (unpaired) electrons. The standard InChI is InChI=1S/C19H30O5/c1-14-15(12-10-8-6-4-5-7-9-11-13-20)17(22)19(24-3)18(23-2)16(14)21/h20H,4-13H2,1-3H3/i2D3,3D3,9D2. The van der Waals surface area contributed by atoms with Gasteiger partial charge >= 0.3 is 0 Å². The van der Waals surface area contributed by atoms with E-state index < -0.39 is 43.5 Å². The fraction of sp³-hybridized carbons (Fsp3) is 0.684. The summed E-state index contributed by atoms with van der Waals surface area (Å²) in [5.74, 6) is -3.63. The summed E-state index contributed by atoms with van der Waals surface area (Å²) in [5, 5.41) is 8.84. The average molecular weight is 346 g/mol. The van der Waals surface area contributed by atoms with Crippen LogP contribution in [0.4, 0.5) is 0 Å². The zero-order valence-corrected chi connectivity index (χ0v) is 13.9. The van der Waals surface area contributed by atoms with E-state index in [2.05, 4.69) is 9.47 Å². The Morgan fingerprint density at radius 1 is 0.917 bits per heavy atom. The van der Waals surface area contributed by atoms with Crippen LogP contribution in [-0.2, 0) is 19.1 Å². The van der Waals surface area contributed by atoms with Gasteiger partial charge in [0.1, 0.15) is 0 Å². The van der Waals surface area contributed by atoms with E-state index in [1.54, 1.807) is 0 Å². The topological polar surface area (TPSA) is 72.8 Å². The van der Waals surface area contributed by atoms with Gasteiger partial charge in [0.15, 0.2) is 0 Å². The number of carbonyl (C=O) groups is 2. The lowest BCUT2D eigenvalue weighted by atomic mass is 9.89. The first-order valence-corrected chi connectivity index (χ1v) is 8.10. The molecule has 0 aromatic heterocycles. The van der Waals surface area contributed by atoms with Crippen LogP contribution in [0.2, 0.25) is 0 Å². The Bertz CT molecular complexity index is 750. The molecule has 0 spiro atoms. The van der Waals surface area contributed by atoms with Crippen LogP contribution in [0.3, 0.4) is 0 Å². The zero-order valence-electron chi connectivity index (χ0n) is 21.9. The number of aliphatic hydroxyl groups is 1. The van der Waals surface area contributed by atoms with Gasteiger partial charge in [-0.1, -0.05) is 38.5 Å². The van der Waals surface area contributed by atoms with Crippen molar-refractivity contribution in [3.05, 3.63) is 22.7 Å². The van der Waals surface area contributed by atoms with Crippen molar-refractivity contribution in [1.29, 1.82) is 0 Å². The lowest BCUT2D eigenvalue weighted by Gasteiger charge is -2.20. The minimum absolute atomic E-state index is 0.00987. The second-order valence-corrected chi connectivity index (χ2v) is 5.62. The van der Waals surface area contributed by atoms with Crippen LogP contribution in [0, 0.1) is 0 Å². The van der Waals surface area contributed by atoms with Gasteiger partial charge in [0.05, 0.1) is 22.3 Å². The summed E-state index contributed by atoms with van der Waals surface area (Å²) in [6.07, 6.45) is 2.62. The SMILES string of the molecule is [2H]C([2H])(CCO)CCCCCCCC1=C(C)C(=O)C(OC([2H])([2H])[2H])=C(OC([2H])([2H])[2H])C1=O. The molecule has 5 heteroatoms. The van der Waals surface area contributed by atoms with Crippen molar-refractivity contribution in [1.82, 2.24) is 0 Å². The van der Waals surface area contributed by atoms with Crippen LogP contribution in [0.5, 0.6) is 0 Å². The van der Waals surface area contributed by atoms with Crippen molar-refractivity contribution in [3.63, 3.8) is 0 Å². The predicted molar refractivity (Wildman–Crippen MR) is 92.4 cm³/mol. The molecule has 1 rings (SSSR count). The molecule has 0 saturated carbocycles. The fourth-order valence-corrected chi connectivity index (χ4v) is 2.59. The van der Waals surface area contributed by atoms with Gasteiger partial charge in [-0.2, -0.15) is 0 Å². The van der Waals surface area contributed by atoms with Crippen molar-refractivity contribution in [2.45, 2.75) is 64.7 Å². The Morgan fingerprint density at radius 3 is 2.12 bits per heavy atom. The van der Waals surface area contributed by atoms with E-state index in [0.717, 1.165) is 12.8 Å². The maximum Gasteiger partial charge on any atom is 0.228 e. The first-order valence-electron chi connectivity index (χ1n) is 12.1. The molecule has 0 amide bonds. The summed E-state index contributed by atoms with van der Waals surface area (Å²) in [7, 11) is -6.15. The van der Waals surface area contributed by atoms with Crippen molar-refractivity contribution in [2.24, 2.45) is 0 Å². The summed E-state index contributed by atoms with van der Waals surface area (Å²) in [5.41, 5.74) is 0.0516. The first-order chi connectivity index (χ1) is 14.6. The number of carbonyl (C=O) groups excluding carboxylic acids is 2. The van der Waals surface area contributed by atoms with Crippen molar-refractivity contribution in [3.8, 4) is 0 Å². The van der Waals surface area contributed by atoms with E-state index in [9.17, 15) is 9.59 Å². The number of rotatable bonds is 12. The van der Waals surface area contributed by atoms with Crippen LogP contribution >= 0.6 is 0 Å². The molecular formula is C19H30O5. The highest BCUT2D eigenvalue weighted by Crippen LogP contribution is 2.28. The summed E-state index contributed by atoms with van der Waals surface area (Å²) >= 11 is 0. The lowest BCUT2D eigenvalue weighted by Crippen LogP contribution is -2.25. The van der Waals surface area contributed by atoms with Crippen molar-refractivity contribution >= 4 is 11.6 Å². The van der Waals surface area contributed by atoms with Gasteiger partial charge in [0.2, 0.25) is 23.1 Å². The highest BCUT2D eigenvalue weighted by atomic mass is 16.5. The van der Waals surface area contributed by atoms with Crippen LogP contribution in [-0.4, -0.2) is 37.4 Å². The summed E-state index contributed by atoms with van der Waals surface area (Å²) < 4.78 is 67.9. The second kappa shape index (κ2) is 11.0. The molecule has 1 aliphatic rings. The number of methoxy groups -OCH3 is 2. The van der Waals surface area contributed by atoms with E-state index in [-0.39, 0.29) is 30.6 Å². The van der Waals surface area contributed by atoms with Gasteiger partial charge in [-0.25, -0.2) is 0 Å². The molecule has 5 nitrogen and oxygen atoms in total. The summed E-state index contributed by atoms with van der Waals surface area (Å²) in [6, 6.07) is 0. The fourth-order valence-electron chi connectivity index (χ4n) is 2.59. The quantitative estimate of drug-likeness (QED) is 0.433. The number of Topliss-reactive ketones (excluding diaryl/α,β-unsaturated/α-hetero) is 2. The summed E-state index contributed by atoms with van der Waals surface area (Å²) in [4.78, 5) is 25.4. The van der Waals surface area contributed by atoms with Gasteiger partial charge in [-0.15, -0.1) is 0 Å². The van der Waals surface area contributed by atoms with E-state index in [1.165, 1.54) is 6.92 Å². The van der Waals surface area contributed by atoms with E-state index in [4.69, 9.17) is 16.1 Å². The second-order valence-electron chi connectivity index (χ2n) is 5.62. The molecule has 0 aromatic carbocycles. The Labute approximate surface area is 156 Å². The Balaban J connectivity index is 2.76. The maximum atomic E-state index is 12.8. The van der Waals surface area contributed by atoms with Crippen molar-refractivity contribution < 1.29 is 35.1 Å². The van der Waals surface area contributed by atoms with Gasteiger partial charge < -0.3 is 14.6 Å². The van der Waals surface area contributed by atoms with Crippen molar-refractivity contribution in [2.75, 3.05) is 20.7 Å². The molecule has 0 fully saturated rings. The first kappa shape index (κ1) is 11.1. The molecular weight excluding hydrogens is 308 g/mol. The minimum Gasteiger partial charge on any atom is -0.489 e. The molecule has 1 N–H and O–H groups in total. The van der Waals surface area contributed by atoms with Crippen LogP contribution in [0.1, 0.15) is 75.6 Å². The number of ether oxygens (including phenoxy) is 2. The number of unbranched alkanes of at least 4 members (excludes halogenated alkanes) is 4. The van der Waals surface area contributed by atoms with Crippen LogP contribution < -0.4 is 0 Å². The van der Waals surface area contributed by atoms with Gasteiger partial charge in [-0.3, -0.25) is 9.59 Å². The van der Waals surface area contributed by atoms with Gasteiger partial charge in [-0.05, 0) is 26.2 Å². The number of ketones is 2. The van der Waals surface area contributed by atoms with E-state index >= 15 is 0 Å². The normalized spacial score (nSPS) is 21.9. The number of hydrogen-bond acceptors (Lipinski definition) is 5. The predicted octanol–water partition coefficient (Wildman–Crippen LogP) is 3.46. The lowest BCUT2D eigenvalue weighted by molar-refractivity contribution is -0.121. The highest BCUT2D eigenvalue weighted by molar-refractivity contribution is 6.23. The molecule has 0 saturated heterocycles. The highest BCUT2D eigenvalue weighted by Gasteiger charge is 2.34.